The minimum atomic E-state index is -3.95. The van der Waals surface area contributed by atoms with Gasteiger partial charge >= 0.3 is 5.22 Å². The second-order valence-corrected chi connectivity index (χ2v) is 7.91. The average molecular weight is 403 g/mol. The summed E-state index contributed by atoms with van der Waals surface area (Å²) in [6.07, 6.45) is 0.796. The van der Waals surface area contributed by atoms with E-state index in [1.807, 2.05) is 6.07 Å². The quantitative estimate of drug-likeness (QED) is 0.580. The van der Waals surface area contributed by atoms with Crippen LogP contribution >= 0.6 is 0 Å². The molecule has 1 heterocycles. The van der Waals surface area contributed by atoms with Crippen LogP contribution < -0.4 is 5.32 Å². The number of hydrogen-bond donors (Lipinski definition) is 1. The summed E-state index contributed by atoms with van der Waals surface area (Å²) in [7, 11) is -3.95. The first-order valence-corrected chi connectivity index (χ1v) is 10.2. The van der Waals surface area contributed by atoms with Crippen molar-refractivity contribution in [2.24, 2.45) is 0 Å². The van der Waals surface area contributed by atoms with Gasteiger partial charge in [-0.25, -0.2) is 12.8 Å². The van der Waals surface area contributed by atoms with E-state index < -0.39 is 26.6 Å². The van der Waals surface area contributed by atoms with E-state index in [1.54, 1.807) is 30.3 Å². The summed E-state index contributed by atoms with van der Waals surface area (Å²) in [6, 6.07) is 14.4. The number of carbonyl (C=O) groups excluding carboxylic acids is 1. The Balaban J connectivity index is 1.52. The first-order valence-electron chi connectivity index (χ1n) is 8.57. The fraction of sp³-hybridized carbons (Fsp3) is 0.211. The molecule has 0 fully saturated rings. The van der Waals surface area contributed by atoms with Gasteiger partial charge in [0.2, 0.25) is 15.7 Å². The van der Waals surface area contributed by atoms with Crippen molar-refractivity contribution >= 4 is 15.7 Å². The monoisotopic (exact) mass is 403 g/mol. The van der Waals surface area contributed by atoms with Gasteiger partial charge in [-0.1, -0.05) is 41.5 Å². The number of carbonyl (C=O) groups is 1. The maximum atomic E-state index is 13.7. The van der Waals surface area contributed by atoms with Gasteiger partial charge in [0.25, 0.3) is 5.91 Å². The molecule has 3 aromatic rings. The van der Waals surface area contributed by atoms with Crippen LogP contribution in [0.1, 0.15) is 28.2 Å². The van der Waals surface area contributed by atoms with Gasteiger partial charge in [0.1, 0.15) is 5.82 Å². The predicted molar refractivity (Wildman–Crippen MR) is 98.7 cm³/mol. The third-order valence-electron chi connectivity index (χ3n) is 3.91. The van der Waals surface area contributed by atoms with Crippen molar-refractivity contribution in [1.29, 1.82) is 0 Å². The lowest BCUT2D eigenvalue weighted by Crippen LogP contribution is -2.24. The molecule has 0 unspecified atom stereocenters. The van der Waals surface area contributed by atoms with Crippen LogP contribution in [0.5, 0.6) is 0 Å². The zero-order valence-electron chi connectivity index (χ0n) is 14.8. The SMILES string of the molecule is O=C(NCCCc1nnc(S(=O)(=O)Cc2ccccc2F)o1)c1ccccc1. The van der Waals surface area contributed by atoms with Gasteiger partial charge in [0.15, 0.2) is 0 Å². The molecular formula is C19H18FN3O4S. The lowest BCUT2D eigenvalue weighted by molar-refractivity contribution is 0.0953. The average Bonchev–Trinajstić information content (AvgIpc) is 3.17. The van der Waals surface area contributed by atoms with Crippen molar-refractivity contribution < 1.29 is 22.0 Å². The Morgan fingerprint density at radius 1 is 1.04 bits per heavy atom. The van der Waals surface area contributed by atoms with E-state index in [4.69, 9.17) is 4.42 Å². The maximum absolute atomic E-state index is 13.7. The number of halogens is 1. The largest absolute Gasteiger partial charge is 0.413 e. The Labute approximate surface area is 161 Å². The van der Waals surface area contributed by atoms with Gasteiger partial charge in [-0.3, -0.25) is 4.79 Å². The molecular weight excluding hydrogens is 385 g/mol. The predicted octanol–water partition coefficient (Wildman–Crippen LogP) is 2.55. The summed E-state index contributed by atoms with van der Waals surface area (Å²) < 4.78 is 43.5. The summed E-state index contributed by atoms with van der Waals surface area (Å²) >= 11 is 0. The molecule has 2 aromatic carbocycles. The van der Waals surface area contributed by atoms with Crippen molar-refractivity contribution in [3.63, 3.8) is 0 Å². The molecule has 7 nitrogen and oxygen atoms in total. The lowest BCUT2D eigenvalue weighted by Gasteiger charge is -2.03. The molecule has 3 rings (SSSR count). The van der Waals surface area contributed by atoms with E-state index in [-0.39, 0.29) is 17.4 Å². The molecule has 1 N–H and O–H groups in total. The van der Waals surface area contributed by atoms with Crippen LogP contribution in [0.2, 0.25) is 0 Å². The van der Waals surface area contributed by atoms with Crippen LogP contribution in [0.25, 0.3) is 0 Å². The summed E-state index contributed by atoms with van der Waals surface area (Å²) in [6.45, 7) is 0.368. The highest BCUT2D eigenvalue weighted by molar-refractivity contribution is 7.90. The first-order chi connectivity index (χ1) is 13.5. The Kier molecular flexibility index (Phi) is 6.15. The third-order valence-corrected chi connectivity index (χ3v) is 5.29. The van der Waals surface area contributed by atoms with Gasteiger partial charge in [-0.05, 0) is 24.6 Å². The second-order valence-electron chi connectivity index (χ2n) is 6.04. The minimum Gasteiger partial charge on any atom is -0.413 e. The topological polar surface area (TPSA) is 102 Å². The lowest BCUT2D eigenvalue weighted by atomic mass is 10.2. The van der Waals surface area contributed by atoms with Crippen LogP contribution in [0.3, 0.4) is 0 Å². The molecule has 0 spiro atoms. The smallest absolute Gasteiger partial charge is 0.335 e. The van der Waals surface area contributed by atoms with Crippen LogP contribution in [0.15, 0.2) is 64.2 Å². The van der Waals surface area contributed by atoms with Crippen molar-refractivity contribution in [3.05, 3.63) is 77.4 Å². The number of benzene rings is 2. The van der Waals surface area contributed by atoms with Crippen molar-refractivity contribution in [1.82, 2.24) is 15.5 Å². The molecule has 0 saturated heterocycles. The molecule has 1 amide bonds. The van der Waals surface area contributed by atoms with E-state index in [2.05, 4.69) is 15.5 Å². The van der Waals surface area contributed by atoms with Crippen LogP contribution in [-0.2, 0) is 22.0 Å². The summed E-state index contributed by atoms with van der Waals surface area (Å²) in [4.78, 5) is 11.9. The van der Waals surface area contributed by atoms with E-state index in [0.29, 0.717) is 24.9 Å². The van der Waals surface area contributed by atoms with Crippen LogP contribution in [-0.4, -0.2) is 31.1 Å². The molecule has 0 bridgehead atoms. The van der Waals surface area contributed by atoms with Crippen molar-refractivity contribution in [2.45, 2.75) is 23.8 Å². The first kappa shape index (κ1) is 19.7. The van der Waals surface area contributed by atoms with Gasteiger partial charge in [-0.2, -0.15) is 0 Å². The highest BCUT2D eigenvalue weighted by Crippen LogP contribution is 2.17. The van der Waals surface area contributed by atoms with Crippen LogP contribution in [0.4, 0.5) is 4.39 Å². The highest BCUT2D eigenvalue weighted by atomic mass is 32.2. The maximum Gasteiger partial charge on any atom is 0.335 e. The number of nitrogens with zero attached hydrogens (tertiary/aromatic N) is 2. The molecule has 0 aliphatic carbocycles. The van der Waals surface area contributed by atoms with Gasteiger partial charge in [0.05, 0.1) is 5.75 Å². The van der Waals surface area contributed by atoms with Gasteiger partial charge in [-0.15, -0.1) is 5.10 Å². The zero-order valence-corrected chi connectivity index (χ0v) is 15.7. The normalized spacial score (nSPS) is 11.3. The van der Waals surface area contributed by atoms with Crippen LogP contribution in [0, 0.1) is 5.82 Å². The Morgan fingerprint density at radius 3 is 2.50 bits per heavy atom. The number of hydrogen-bond acceptors (Lipinski definition) is 6. The molecule has 0 radical (unpaired) electrons. The summed E-state index contributed by atoms with van der Waals surface area (Å²) in [5, 5.41) is 9.49. The zero-order chi connectivity index (χ0) is 20.0. The Bertz CT molecular complexity index is 1050. The fourth-order valence-corrected chi connectivity index (χ4v) is 3.64. The standard InChI is InChI=1S/C19H18FN3O4S/c20-16-10-5-4-9-15(16)13-28(25,26)19-23-22-17(27-19)11-6-12-21-18(24)14-7-2-1-3-8-14/h1-5,7-10H,6,11-13H2,(H,21,24). The number of nitrogens with one attached hydrogen (secondary N) is 1. The molecule has 9 heteroatoms. The molecule has 0 saturated carbocycles. The molecule has 28 heavy (non-hydrogen) atoms. The molecule has 0 aliphatic rings. The minimum absolute atomic E-state index is 0.0332. The second kappa shape index (κ2) is 8.75. The molecule has 146 valence electrons. The van der Waals surface area contributed by atoms with E-state index in [0.717, 1.165) is 0 Å². The number of aryl methyl sites for hydroxylation is 1. The van der Waals surface area contributed by atoms with E-state index in [1.165, 1.54) is 18.2 Å². The number of amides is 1. The number of sulfone groups is 1. The third kappa shape index (κ3) is 5.01. The van der Waals surface area contributed by atoms with Crippen molar-refractivity contribution in [2.75, 3.05) is 6.54 Å². The molecule has 0 aliphatic heterocycles. The summed E-state index contributed by atoms with van der Waals surface area (Å²) in [5.74, 6) is -1.23. The van der Waals surface area contributed by atoms with Crippen molar-refractivity contribution in [3.8, 4) is 0 Å². The number of rotatable bonds is 8. The molecule has 1 aromatic heterocycles. The number of aromatic nitrogens is 2. The van der Waals surface area contributed by atoms with Gasteiger partial charge in [0, 0.05) is 24.1 Å². The van der Waals surface area contributed by atoms with E-state index >= 15 is 0 Å². The highest BCUT2D eigenvalue weighted by Gasteiger charge is 2.24. The Morgan fingerprint density at radius 2 is 1.75 bits per heavy atom. The Hall–Kier alpha value is -3.07. The summed E-state index contributed by atoms with van der Waals surface area (Å²) in [5.41, 5.74) is 0.590. The van der Waals surface area contributed by atoms with Gasteiger partial charge < -0.3 is 9.73 Å². The molecule has 0 atom stereocenters. The fourth-order valence-electron chi connectivity index (χ4n) is 2.48. The van der Waals surface area contributed by atoms with E-state index in [9.17, 15) is 17.6 Å².